The molecular formula is C16H23N3O3. The maximum absolute atomic E-state index is 12.6. The lowest BCUT2D eigenvalue weighted by Gasteiger charge is -2.38. The molecule has 1 aliphatic rings. The molecule has 22 heavy (non-hydrogen) atoms. The van der Waals surface area contributed by atoms with Gasteiger partial charge >= 0.3 is 0 Å². The van der Waals surface area contributed by atoms with Crippen LogP contribution in [0.1, 0.15) is 30.1 Å². The van der Waals surface area contributed by atoms with E-state index in [9.17, 15) is 9.59 Å². The lowest BCUT2D eigenvalue weighted by molar-refractivity contribution is -0.119. The quantitative estimate of drug-likeness (QED) is 0.838. The molecule has 1 aromatic carbocycles. The molecule has 2 rings (SSSR count). The van der Waals surface area contributed by atoms with Crippen molar-refractivity contribution in [2.75, 3.05) is 19.7 Å². The highest BCUT2D eigenvalue weighted by Gasteiger charge is 2.29. The number of likely N-dealkylation sites (tertiary alicyclic amines) is 1. The Bertz CT molecular complexity index is 530. The van der Waals surface area contributed by atoms with Gasteiger partial charge in [-0.25, -0.2) is 0 Å². The number of carbonyl (C=O) groups is 2. The van der Waals surface area contributed by atoms with E-state index in [-0.39, 0.29) is 18.6 Å². The van der Waals surface area contributed by atoms with Crippen molar-refractivity contribution >= 4 is 11.8 Å². The fourth-order valence-electron chi connectivity index (χ4n) is 2.76. The molecule has 1 heterocycles. The van der Waals surface area contributed by atoms with Crippen LogP contribution in [-0.2, 0) is 4.79 Å². The highest BCUT2D eigenvalue weighted by atomic mass is 16.5. The summed E-state index contributed by atoms with van der Waals surface area (Å²) in [4.78, 5) is 25.1. The monoisotopic (exact) mass is 305 g/mol. The van der Waals surface area contributed by atoms with E-state index in [1.807, 2.05) is 4.90 Å². The zero-order valence-electron chi connectivity index (χ0n) is 12.8. The Morgan fingerprint density at radius 3 is 2.59 bits per heavy atom. The van der Waals surface area contributed by atoms with Gasteiger partial charge in [-0.1, -0.05) is 6.92 Å². The van der Waals surface area contributed by atoms with Crippen molar-refractivity contribution in [2.45, 2.75) is 25.8 Å². The summed E-state index contributed by atoms with van der Waals surface area (Å²) in [6.07, 6.45) is 1.95. The standard InChI is InChI=1S/C16H23N3O3/c1-11-6-7-19(13(8-11)9-17)16(21)12-2-4-14(5-3-12)22-10-15(18)20/h2-5,11,13H,6-10,17H2,1H3,(H2,18,20). The molecule has 120 valence electrons. The predicted octanol–water partition coefficient (Wildman–Crippen LogP) is 0.750. The van der Waals surface area contributed by atoms with Crippen molar-refractivity contribution < 1.29 is 14.3 Å². The van der Waals surface area contributed by atoms with Crippen LogP contribution in [0.2, 0.25) is 0 Å². The molecule has 1 fully saturated rings. The number of hydrogen-bond donors (Lipinski definition) is 2. The maximum atomic E-state index is 12.6. The molecule has 6 nitrogen and oxygen atoms in total. The molecule has 0 aliphatic carbocycles. The van der Waals surface area contributed by atoms with Gasteiger partial charge in [0, 0.05) is 24.7 Å². The molecular weight excluding hydrogens is 282 g/mol. The van der Waals surface area contributed by atoms with Crippen molar-refractivity contribution in [1.82, 2.24) is 4.90 Å². The van der Waals surface area contributed by atoms with Crippen molar-refractivity contribution in [1.29, 1.82) is 0 Å². The van der Waals surface area contributed by atoms with Gasteiger partial charge < -0.3 is 21.1 Å². The Hall–Kier alpha value is -2.08. The van der Waals surface area contributed by atoms with Crippen molar-refractivity contribution in [3.8, 4) is 5.75 Å². The Kier molecular flexibility index (Phi) is 5.38. The first kappa shape index (κ1) is 16.3. The van der Waals surface area contributed by atoms with E-state index in [1.54, 1.807) is 24.3 Å². The summed E-state index contributed by atoms with van der Waals surface area (Å²) < 4.78 is 5.18. The molecule has 0 spiro atoms. The van der Waals surface area contributed by atoms with E-state index in [4.69, 9.17) is 16.2 Å². The summed E-state index contributed by atoms with van der Waals surface area (Å²) in [7, 11) is 0. The molecule has 2 unspecified atom stereocenters. The number of nitrogens with zero attached hydrogens (tertiary/aromatic N) is 1. The van der Waals surface area contributed by atoms with Gasteiger partial charge in [-0.3, -0.25) is 9.59 Å². The minimum absolute atomic E-state index is 0.0104. The number of primary amides is 1. The number of rotatable bonds is 5. The molecule has 6 heteroatoms. The van der Waals surface area contributed by atoms with E-state index in [1.165, 1.54) is 0 Å². The second-order valence-electron chi connectivity index (χ2n) is 5.80. The first-order chi connectivity index (χ1) is 10.5. The third-order valence-corrected chi connectivity index (χ3v) is 3.99. The molecule has 1 saturated heterocycles. The molecule has 0 radical (unpaired) electrons. The zero-order valence-corrected chi connectivity index (χ0v) is 12.8. The highest BCUT2D eigenvalue weighted by Crippen LogP contribution is 2.24. The number of carbonyl (C=O) groups excluding carboxylic acids is 2. The van der Waals surface area contributed by atoms with Gasteiger partial charge in [0.25, 0.3) is 11.8 Å². The second-order valence-corrected chi connectivity index (χ2v) is 5.80. The minimum atomic E-state index is -0.534. The van der Waals surface area contributed by atoms with Gasteiger partial charge in [0.05, 0.1) is 0 Å². The Morgan fingerprint density at radius 2 is 2.00 bits per heavy atom. The number of ether oxygens (including phenoxy) is 1. The number of benzene rings is 1. The summed E-state index contributed by atoms with van der Waals surface area (Å²) in [6.45, 7) is 3.24. The summed E-state index contributed by atoms with van der Waals surface area (Å²) in [5, 5.41) is 0. The average Bonchev–Trinajstić information content (AvgIpc) is 2.52. The second kappa shape index (κ2) is 7.26. The summed E-state index contributed by atoms with van der Waals surface area (Å²) >= 11 is 0. The SMILES string of the molecule is CC1CCN(C(=O)c2ccc(OCC(N)=O)cc2)C(CN)C1. The minimum Gasteiger partial charge on any atom is -0.484 e. The van der Waals surface area contributed by atoms with Crippen LogP contribution in [-0.4, -0.2) is 42.5 Å². The van der Waals surface area contributed by atoms with Crippen molar-refractivity contribution in [3.05, 3.63) is 29.8 Å². The molecule has 4 N–H and O–H groups in total. The number of piperidine rings is 1. The van der Waals surface area contributed by atoms with Crippen molar-refractivity contribution in [2.24, 2.45) is 17.4 Å². The third kappa shape index (κ3) is 3.98. The number of nitrogens with two attached hydrogens (primary N) is 2. The van der Waals surface area contributed by atoms with Gasteiger partial charge in [-0.2, -0.15) is 0 Å². The van der Waals surface area contributed by atoms with Crippen LogP contribution in [0.25, 0.3) is 0 Å². The lowest BCUT2D eigenvalue weighted by atomic mass is 9.92. The lowest BCUT2D eigenvalue weighted by Crippen LogP contribution is -2.49. The van der Waals surface area contributed by atoms with Crippen LogP contribution in [0.15, 0.2) is 24.3 Å². The van der Waals surface area contributed by atoms with Crippen LogP contribution in [0, 0.1) is 5.92 Å². The first-order valence-electron chi connectivity index (χ1n) is 7.53. The van der Waals surface area contributed by atoms with Crippen LogP contribution in [0.5, 0.6) is 5.75 Å². The Morgan fingerprint density at radius 1 is 1.32 bits per heavy atom. The van der Waals surface area contributed by atoms with Gasteiger partial charge in [0.2, 0.25) is 0 Å². The normalized spacial score (nSPS) is 21.5. The van der Waals surface area contributed by atoms with Crippen LogP contribution >= 0.6 is 0 Å². The third-order valence-electron chi connectivity index (χ3n) is 3.99. The van der Waals surface area contributed by atoms with E-state index < -0.39 is 5.91 Å². The highest BCUT2D eigenvalue weighted by molar-refractivity contribution is 5.94. The molecule has 1 aliphatic heterocycles. The van der Waals surface area contributed by atoms with Crippen LogP contribution < -0.4 is 16.2 Å². The van der Waals surface area contributed by atoms with E-state index in [0.717, 1.165) is 19.4 Å². The smallest absolute Gasteiger partial charge is 0.255 e. The van der Waals surface area contributed by atoms with Crippen LogP contribution in [0.4, 0.5) is 0 Å². The maximum Gasteiger partial charge on any atom is 0.255 e. The molecule has 2 amide bonds. The average molecular weight is 305 g/mol. The largest absolute Gasteiger partial charge is 0.484 e. The topological polar surface area (TPSA) is 98.6 Å². The van der Waals surface area contributed by atoms with Gasteiger partial charge in [0.15, 0.2) is 6.61 Å². The number of amides is 2. The molecule has 0 bridgehead atoms. The fourth-order valence-corrected chi connectivity index (χ4v) is 2.76. The van der Waals surface area contributed by atoms with Crippen LogP contribution in [0.3, 0.4) is 0 Å². The van der Waals surface area contributed by atoms with E-state index in [2.05, 4.69) is 6.92 Å². The van der Waals surface area contributed by atoms with Gasteiger partial charge in [-0.05, 0) is 43.0 Å². The molecule has 0 saturated carbocycles. The fraction of sp³-hybridized carbons (Fsp3) is 0.500. The summed E-state index contributed by atoms with van der Waals surface area (Å²) in [5.74, 6) is 0.567. The van der Waals surface area contributed by atoms with Gasteiger partial charge in [-0.15, -0.1) is 0 Å². The van der Waals surface area contributed by atoms with E-state index in [0.29, 0.717) is 23.8 Å². The summed E-state index contributed by atoms with van der Waals surface area (Å²) in [6, 6.07) is 6.83. The molecule has 1 aromatic rings. The molecule has 2 atom stereocenters. The zero-order chi connectivity index (χ0) is 16.1. The molecule has 0 aromatic heterocycles. The van der Waals surface area contributed by atoms with E-state index >= 15 is 0 Å². The Balaban J connectivity index is 2.04. The number of hydrogen-bond acceptors (Lipinski definition) is 4. The first-order valence-corrected chi connectivity index (χ1v) is 7.53. The van der Waals surface area contributed by atoms with Crippen molar-refractivity contribution in [3.63, 3.8) is 0 Å². The summed E-state index contributed by atoms with van der Waals surface area (Å²) in [5.41, 5.74) is 11.4. The van der Waals surface area contributed by atoms with Gasteiger partial charge in [0.1, 0.15) is 5.75 Å². The Labute approximate surface area is 130 Å². The predicted molar refractivity (Wildman–Crippen MR) is 83.4 cm³/mol.